The molecule has 0 bridgehead atoms. The van der Waals surface area contributed by atoms with Crippen molar-refractivity contribution < 1.29 is 19.4 Å². The quantitative estimate of drug-likeness (QED) is 0.453. The maximum atomic E-state index is 13.6. The Balaban J connectivity index is 1.97. The highest BCUT2D eigenvalue weighted by Gasteiger charge is 2.17. The molecule has 2 rings (SSSR count). The van der Waals surface area contributed by atoms with Gasteiger partial charge in [-0.2, -0.15) is 0 Å². The summed E-state index contributed by atoms with van der Waals surface area (Å²) in [5.41, 5.74) is 0.737. The summed E-state index contributed by atoms with van der Waals surface area (Å²) < 4.78 is 13.6. The Morgan fingerprint density at radius 3 is 2.72 bits per heavy atom. The van der Waals surface area contributed by atoms with E-state index in [1.807, 2.05) is 0 Å². The van der Waals surface area contributed by atoms with E-state index >= 15 is 0 Å². The van der Waals surface area contributed by atoms with Crippen LogP contribution in [0.3, 0.4) is 0 Å². The predicted octanol–water partition coefficient (Wildman–Crippen LogP) is 3.30. The molecule has 132 valence electrons. The second-order valence-corrected chi connectivity index (χ2v) is 6.19. The van der Waals surface area contributed by atoms with E-state index in [0.29, 0.717) is 16.3 Å². The van der Waals surface area contributed by atoms with Gasteiger partial charge in [0.2, 0.25) is 0 Å². The Bertz CT molecular complexity index is 817. The molecule has 0 spiro atoms. The fourth-order valence-electron chi connectivity index (χ4n) is 2.21. The molecule has 3 N–H and O–H groups in total. The first kappa shape index (κ1) is 19.1. The number of nitrogens with two attached hydrogens (primary N) is 1. The van der Waals surface area contributed by atoms with E-state index in [1.54, 1.807) is 18.3 Å². The molecule has 0 aromatic heterocycles. The van der Waals surface area contributed by atoms with Gasteiger partial charge < -0.3 is 10.6 Å². The van der Waals surface area contributed by atoms with Crippen molar-refractivity contribution in [3.05, 3.63) is 67.9 Å². The summed E-state index contributed by atoms with van der Waals surface area (Å²) in [5, 5.41) is 15.2. The molecule has 0 fully saturated rings. The molecule has 1 atom stereocenters. The van der Waals surface area contributed by atoms with Crippen molar-refractivity contribution in [3.63, 3.8) is 0 Å². The average molecular weight is 387 g/mol. The number of amides is 1. The predicted molar refractivity (Wildman–Crippen MR) is 93.4 cm³/mol. The van der Waals surface area contributed by atoms with Crippen LogP contribution in [0.1, 0.15) is 18.5 Å². The molecule has 2 aromatic carbocycles. The van der Waals surface area contributed by atoms with Gasteiger partial charge >= 0.3 is 0 Å². The smallest absolute Gasteiger partial charge is 0.279 e. The number of benzene rings is 2. The van der Waals surface area contributed by atoms with Crippen molar-refractivity contribution >= 4 is 40.5 Å². The standard InChI is InChI=1S/C16H14Cl2FN3O3/c1-9(12-6-15(19)14(18)7-13(12)17)20-8-16(23)21-10-3-2-4-11(5-10)22(24)25/h2-7,9,20H,8H2,1H3,(H,21,23)/p+1/t9-/m0/s1. The Labute approximate surface area is 153 Å². The number of anilines is 1. The Morgan fingerprint density at radius 2 is 2.04 bits per heavy atom. The number of halogens is 3. The lowest BCUT2D eigenvalue weighted by molar-refractivity contribution is -0.682. The van der Waals surface area contributed by atoms with Gasteiger partial charge in [-0.3, -0.25) is 14.9 Å². The van der Waals surface area contributed by atoms with E-state index in [-0.39, 0.29) is 29.2 Å². The third-order valence-corrected chi connectivity index (χ3v) is 4.14. The van der Waals surface area contributed by atoms with Crippen LogP contribution in [0.4, 0.5) is 15.8 Å². The second kappa shape index (κ2) is 8.24. The number of hydrogen-bond donors (Lipinski definition) is 2. The van der Waals surface area contributed by atoms with Crippen molar-refractivity contribution in [2.75, 3.05) is 11.9 Å². The number of hydrogen-bond acceptors (Lipinski definition) is 3. The molecular formula is C16H15Cl2FN3O3+. The first-order valence-corrected chi connectivity index (χ1v) is 8.05. The Kier molecular flexibility index (Phi) is 6.30. The summed E-state index contributed by atoms with van der Waals surface area (Å²) >= 11 is 11.7. The minimum Gasteiger partial charge on any atom is -0.332 e. The highest BCUT2D eigenvalue weighted by Crippen LogP contribution is 2.27. The molecule has 0 saturated carbocycles. The molecule has 6 nitrogen and oxygen atoms in total. The van der Waals surface area contributed by atoms with Crippen LogP contribution in [0, 0.1) is 15.9 Å². The van der Waals surface area contributed by atoms with Gasteiger partial charge in [-0.1, -0.05) is 29.3 Å². The topological polar surface area (TPSA) is 88.8 Å². The highest BCUT2D eigenvalue weighted by molar-refractivity contribution is 6.35. The van der Waals surface area contributed by atoms with E-state index in [2.05, 4.69) is 5.32 Å². The van der Waals surface area contributed by atoms with Crippen LogP contribution >= 0.6 is 23.2 Å². The van der Waals surface area contributed by atoms with E-state index in [4.69, 9.17) is 23.2 Å². The third-order valence-electron chi connectivity index (χ3n) is 3.53. The van der Waals surface area contributed by atoms with Crippen molar-refractivity contribution in [1.29, 1.82) is 0 Å². The molecule has 0 unspecified atom stereocenters. The molecule has 9 heteroatoms. The fourth-order valence-corrected chi connectivity index (χ4v) is 2.76. The first-order chi connectivity index (χ1) is 11.8. The number of non-ortho nitro benzene ring substituents is 1. The fraction of sp³-hybridized carbons (Fsp3) is 0.188. The minimum absolute atomic E-state index is 0.0322. The number of nitro groups is 1. The molecule has 2 aromatic rings. The van der Waals surface area contributed by atoms with Crippen molar-refractivity contribution in [1.82, 2.24) is 0 Å². The van der Waals surface area contributed by atoms with E-state index in [9.17, 15) is 19.3 Å². The molecular weight excluding hydrogens is 372 g/mol. The van der Waals surface area contributed by atoms with Crippen LogP contribution in [-0.4, -0.2) is 17.4 Å². The lowest BCUT2D eigenvalue weighted by Crippen LogP contribution is -2.86. The zero-order valence-corrected chi connectivity index (χ0v) is 14.6. The van der Waals surface area contributed by atoms with Crippen LogP contribution < -0.4 is 10.6 Å². The van der Waals surface area contributed by atoms with Crippen LogP contribution in [0.2, 0.25) is 10.0 Å². The van der Waals surface area contributed by atoms with Crippen molar-refractivity contribution in [2.24, 2.45) is 0 Å². The van der Waals surface area contributed by atoms with Gasteiger partial charge in [0, 0.05) is 23.4 Å². The van der Waals surface area contributed by atoms with Crippen LogP contribution in [-0.2, 0) is 4.79 Å². The average Bonchev–Trinajstić information content (AvgIpc) is 2.56. The van der Waals surface area contributed by atoms with Crippen LogP contribution in [0.15, 0.2) is 36.4 Å². The first-order valence-electron chi connectivity index (χ1n) is 7.30. The lowest BCUT2D eigenvalue weighted by Gasteiger charge is -2.13. The second-order valence-electron chi connectivity index (χ2n) is 5.37. The van der Waals surface area contributed by atoms with E-state index in [0.717, 1.165) is 0 Å². The number of nitrogens with one attached hydrogen (secondary N) is 1. The normalized spacial score (nSPS) is 11.8. The van der Waals surface area contributed by atoms with Gasteiger partial charge in [0.05, 0.1) is 15.0 Å². The maximum Gasteiger partial charge on any atom is 0.279 e. The summed E-state index contributed by atoms with van der Waals surface area (Å²) in [4.78, 5) is 22.2. The molecule has 0 radical (unpaired) electrons. The SMILES string of the molecule is C[C@H]([NH2+]CC(=O)Nc1cccc([N+](=O)[O-])c1)c1cc(F)c(Cl)cc1Cl. The molecule has 1 amide bonds. The maximum absolute atomic E-state index is 13.6. The van der Waals surface area contributed by atoms with Crippen molar-refractivity contribution in [2.45, 2.75) is 13.0 Å². The minimum atomic E-state index is -0.581. The van der Waals surface area contributed by atoms with Crippen LogP contribution in [0.5, 0.6) is 0 Å². The summed E-state index contributed by atoms with van der Waals surface area (Å²) in [6.07, 6.45) is 0. The number of nitrogens with zero attached hydrogens (tertiary/aromatic N) is 1. The largest absolute Gasteiger partial charge is 0.332 e. The number of quaternary nitrogens is 1. The van der Waals surface area contributed by atoms with Gasteiger partial charge in [-0.25, -0.2) is 4.39 Å². The summed E-state index contributed by atoms with van der Waals surface area (Å²) in [5.74, 6) is -0.930. The number of carbonyl (C=O) groups excluding carboxylic acids is 1. The lowest BCUT2D eigenvalue weighted by atomic mass is 10.1. The van der Waals surface area contributed by atoms with Gasteiger partial charge in [0.1, 0.15) is 11.9 Å². The summed E-state index contributed by atoms with van der Waals surface area (Å²) in [6, 6.07) is 7.92. The Morgan fingerprint density at radius 1 is 1.32 bits per heavy atom. The number of carbonyl (C=O) groups is 1. The van der Waals surface area contributed by atoms with Gasteiger partial charge in [-0.05, 0) is 25.1 Å². The van der Waals surface area contributed by atoms with E-state index < -0.39 is 10.7 Å². The highest BCUT2D eigenvalue weighted by atomic mass is 35.5. The number of nitro benzene ring substituents is 1. The Hall–Kier alpha value is -2.22. The molecule has 0 aliphatic rings. The van der Waals surface area contributed by atoms with Gasteiger partial charge in [0.25, 0.3) is 11.6 Å². The van der Waals surface area contributed by atoms with E-state index in [1.165, 1.54) is 30.3 Å². The van der Waals surface area contributed by atoms with Crippen LogP contribution in [0.25, 0.3) is 0 Å². The van der Waals surface area contributed by atoms with Crippen molar-refractivity contribution in [3.8, 4) is 0 Å². The third kappa shape index (κ3) is 5.12. The monoisotopic (exact) mass is 386 g/mol. The van der Waals surface area contributed by atoms with Gasteiger partial charge in [-0.15, -0.1) is 0 Å². The molecule has 0 heterocycles. The molecule has 0 saturated heterocycles. The summed E-state index contributed by atoms with van der Waals surface area (Å²) in [7, 11) is 0. The molecule has 0 aliphatic carbocycles. The molecule has 0 aliphatic heterocycles. The summed E-state index contributed by atoms with van der Waals surface area (Å²) in [6.45, 7) is 1.81. The molecule has 25 heavy (non-hydrogen) atoms. The van der Waals surface area contributed by atoms with Gasteiger partial charge in [0.15, 0.2) is 6.54 Å². The zero-order valence-electron chi connectivity index (χ0n) is 13.1. The number of rotatable bonds is 6. The zero-order chi connectivity index (χ0) is 18.6.